The molecule has 2 fully saturated rings. The number of nitrogens with zero attached hydrogens (tertiary/aromatic N) is 1. The van der Waals surface area contributed by atoms with Crippen LogP contribution in [0.5, 0.6) is 0 Å². The van der Waals surface area contributed by atoms with Crippen LogP contribution in [-0.2, 0) is 11.2 Å². The maximum Gasteiger partial charge on any atom is 0.287 e. The number of rotatable bonds is 5. The van der Waals surface area contributed by atoms with Gasteiger partial charge in [-0.3, -0.25) is 9.59 Å². The third kappa shape index (κ3) is 4.23. The number of carbonyl (C=O) groups excluding carboxylic acids is 2. The van der Waals surface area contributed by atoms with E-state index in [1.807, 2.05) is 35.2 Å². The molecule has 4 unspecified atom stereocenters. The number of likely N-dealkylation sites (tertiary alicyclic amines) is 1. The number of hydrogen-bond acceptors (Lipinski definition) is 4. The predicted molar refractivity (Wildman–Crippen MR) is 108 cm³/mol. The van der Waals surface area contributed by atoms with Crippen LogP contribution in [0.25, 0.3) is 0 Å². The topological polar surface area (TPSA) is 88.6 Å². The molecule has 1 saturated heterocycles. The first-order chi connectivity index (χ1) is 13.1. The molecular weight excluding hydrogens is 378 g/mol. The minimum atomic E-state index is -0.625. The highest BCUT2D eigenvalue weighted by molar-refractivity contribution is 5.95. The van der Waals surface area contributed by atoms with Gasteiger partial charge in [-0.05, 0) is 42.4 Å². The number of benzene rings is 1. The summed E-state index contributed by atoms with van der Waals surface area (Å²) in [7, 11) is 0. The van der Waals surface area contributed by atoms with Gasteiger partial charge in [-0.15, -0.1) is 12.4 Å². The molecule has 2 amide bonds. The van der Waals surface area contributed by atoms with Crippen molar-refractivity contribution >= 4 is 24.2 Å². The molecule has 7 heteroatoms. The van der Waals surface area contributed by atoms with Crippen molar-refractivity contribution < 1.29 is 14.0 Å². The van der Waals surface area contributed by atoms with Crippen LogP contribution < -0.4 is 11.1 Å². The van der Waals surface area contributed by atoms with Crippen LogP contribution in [0.4, 0.5) is 0 Å². The molecular formula is C21H26ClN3O3. The summed E-state index contributed by atoms with van der Waals surface area (Å²) in [5.41, 5.74) is 7.21. The molecule has 4 rings (SSSR count). The number of halogens is 1. The molecule has 2 heterocycles. The molecule has 1 aromatic heterocycles. The van der Waals surface area contributed by atoms with Crippen molar-refractivity contribution in [1.29, 1.82) is 0 Å². The van der Waals surface area contributed by atoms with E-state index in [4.69, 9.17) is 10.2 Å². The molecule has 28 heavy (non-hydrogen) atoms. The number of hydrogen-bond donors (Lipinski definition) is 2. The van der Waals surface area contributed by atoms with E-state index in [9.17, 15) is 9.59 Å². The van der Waals surface area contributed by atoms with E-state index in [1.165, 1.54) is 6.26 Å². The highest BCUT2D eigenvalue weighted by atomic mass is 35.5. The first-order valence-electron chi connectivity index (χ1n) is 9.54. The predicted octanol–water partition coefficient (Wildman–Crippen LogP) is 2.24. The maximum absolute atomic E-state index is 13.2. The van der Waals surface area contributed by atoms with Crippen molar-refractivity contribution in [3.63, 3.8) is 0 Å². The lowest BCUT2D eigenvalue weighted by atomic mass is 9.98. The number of carbonyl (C=O) groups is 2. The Kier molecular flexibility index (Phi) is 6.42. The Morgan fingerprint density at radius 1 is 1.14 bits per heavy atom. The van der Waals surface area contributed by atoms with Gasteiger partial charge in [0, 0.05) is 25.6 Å². The van der Waals surface area contributed by atoms with Crippen LogP contribution in [-0.4, -0.2) is 41.9 Å². The van der Waals surface area contributed by atoms with Gasteiger partial charge in [0.2, 0.25) is 5.91 Å². The van der Waals surface area contributed by atoms with Crippen LogP contribution in [0.2, 0.25) is 0 Å². The molecule has 4 atom stereocenters. The Morgan fingerprint density at radius 3 is 2.61 bits per heavy atom. The summed E-state index contributed by atoms with van der Waals surface area (Å²) in [6.07, 6.45) is 4.02. The fourth-order valence-electron chi connectivity index (χ4n) is 4.39. The highest BCUT2D eigenvalue weighted by Gasteiger charge is 2.43. The standard InChI is InChI=1S/C21H25N3O3.ClH/c22-17-9-8-15-12-24(13-16(15)17)21(26)18(11-14-5-2-1-3-6-14)23-20(25)19-7-4-10-27-19;/h1-7,10,15-18H,8-9,11-13,22H2,(H,23,25);1H. The van der Waals surface area contributed by atoms with Crippen molar-refractivity contribution in [1.82, 2.24) is 10.2 Å². The molecule has 3 N–H and O–H groups in total. The fourth-order valence-corrected chi connectivity index (χ4v) is 4.39. The summed E-state index contributed by atoms with van der Waals surface area (Å²) in [5, 5.41) is 2.87. The SMILES string of the molecule is Cl.NC1CCC2CN(C(=O)C(Cc3ccccc3)NC(=O)c3ccco3)CC12. The van der Waals surface area contributed by atoms with Gasteiger partial charge in [0.15, 0.2) is 5.76 Å². The Morgan fingerprint density at radius 2 is 1.93 bits per heavy atom. The molecule has 1 aliphatic heterocycles. The number of furan rings is 1. The average Bonchev–Trinajstić information content (AvgIpc) is 3.40. The van der Waals surface area contributed by atoms with Gasteiger partial charge in [0.1, 0.15) is 6.04 Å². The summed E-state index contributed by atoms with van der Waals surface area (Å²) in [6, 6.07) is 12.5. The van der Waals surface area contributed by atoms with Gasteiger partial charge < -0.3 is 20.4 Å². The van der Waals surface area contributed by atoms with E-state index in [0.717, 1.165) is 24.9 Å². The number of amides is 2. The van der Waals surface area contributed by atoms with Gasteiger partial charge >= 0.3 is 0 Å². The molecule has 150 valence electrons. The van der Waals surface area contributed by atoms with Gasteiger partial charge in [-0.1, -0.05) is 30.3 Å². The second kappa shape index (κ2) is 8.80. The molecule has 1 saturated carbocycles. The van der Waals surface area contributed by atoms with E-state index < -0.39 is 6.04 Å². The second-order valence-corrected chi connectivity index (χ2v) is 7.60. The summed E-state index contributed by atoms with van der Waals surface area (Å²) >= 11 is 0. The van der Waals surface area contributed by atoms with Crippen LogP contribution in [0, 0.1) is 11.8 Å². The lowest BCUT2D eigenvalue weighted by molar-refractivity contribution is -0.132. The molecule has 2 aliphatic rings. The van der Waals surface area contributed by atoms with Crippen LogP contribution in [0.3, 0.4) is 0 Å². The Hall–Kier alpha value is -2.31. The van der Waals surface area contributed by atoms with Gasteiger partial charge in [-0.2, -0.15) is 0 Å². The molecule has 6 nitrogen and oxygen atoms in total. The highest BCUT2D eigenvalue weighted by Crippen LogP contribution is 2.37. The van der Waals surface area contributed by atoms with Crippen molar-refractivity contribution in [2.24, 2.45) is 17.6 Å². The van der Waals surface area contributed by atoms with Crippen molar-refractivity contribution in [2.45, 2.75) is 31.3 Å². The summed E-state index contributed by atoms with van der Waals surface area (Å²) < 4.78 is 5.17. The smallest absolute Gasteiger partial charge is 0.287 e. The first kappa shape index (κ1) is 20.4. The zero-order valence-corrected chi connectivity index (χ0v) is 16.4. The first-order valence-corrected chi connectivity index (χ1v) is 9.54. The summed E-state index contributed by atoms with van der Waals surface area (Å²) in [6.45, 7) is 1.42. The molecule has 1 aromatic carbocycles. The Balaban J connectivity index is 0.00000225. The van der Waals surface area contributed by atoms with E-state index in [2.05, 4.69) is 5.32 Å². The lowest BCUT2D eigenvalue weighted by Gasteiger charge is -2.25. The molecule has 0 spiro atoms. The number of nitrogens with two attached hydrogens (primary N) is 1. The van der Waals surface area contributed by atoms with E-state index >= 15 is 0 Å². The normalized spacial score (nSPS) is 24.3. The number of nitrogens with one attached hydrogen (secondary N) is 1. The molecule has 0 radical (unpaired) electrons. The van der Waals surface area contributed by atoms with Gasteiger partial charge in [0.05, 0.1) is 6.26 Å². The summed E-state index contributed by atoms with van der Waals surface area (Å²) in [5.74, 6) is 0.668. The fraction of sp³-hybridized carbons (Fsp3) is 0.429. The third-order valence-electron chi connectivity index (χ3n) is 5.86. The van der Waals surface area contributed by atoms with Crippen LogP contribution in [0.1, 0.15) is 29.0 Å². The molecule has 2 aromatic rings. The van der Waals surface area contributed by atoms with Crippen molar-refractivity contribution in [2.75, 3.05) is 13.1 Å². The third-order valence-corrected chi connectivity index (χ3v) is 5.86. The van der Waals surface area contributed by atoms with Crippen LogP contribution >= 0.6 is 12.4 Å². The molecule has 0 bridgehead atoms. The number of fused-ring (bicyclic) bond motifs is 1. The Bertz CT molecular complexity index is 796. The van der Waals surface area contributed by atoms with E-state index in [1.54, 1.807) is 12.1 Å². The van der Waals surface area contributed by atoms with Crippen molar-refractivity contribution in [3.8, 4) is 0 Å². The zero-order chi connectivity index (χ0) is 18.8. The Labute approximate surface area is 170 Å². The summed E-state index contributed by atoms with van der Waals surface area (Å²) in [4.78, 5) is 27.6. The lowest BCUT2D eigenvalue weighted by Crippen LogP contribution is -2.49. The minimum Gasteiger partial charge on any atom is -0.459 e. The largest absolute Gasteiger partial charge is 0.459 e. The average molecular weight is 404 g/mol. The molecule has 1 aliphatic carbocycles. The zero-order valence-electron chi connectivity index (χ0n) is 15.6. The second-order valence-electron chi connectivity index (χ2n) is 7.60. The van der Waals surface area contributed by atoms with E-state index in [-0.39, 0.29) is 36.0 Å². The quantitative estimate of drug-likeness (QED) is 0.801. The monoisotopic (exact) mass is 403 g/mol. The maximum atomic E-state index is 13.2. The minimum absolute atomic E-state index is 0. The van der Waals surface area contributed by atoms with Gasteiger partial charge in [-0.25, -0.2) is 0 Å². The van der Waals surface area contributed by atoms with Crippen molar-refractivity contribution in [3.05, 3.63) is 60.1 Å². The van der Waals surface area contributed by atoms with Gasteiger partial charge in [0.25, 0.3) is 5.91 Å². The van der Waals surface area contributed by atoms with Crippen LogP contribution in [0.15, 0.2) is 53.1 Å². The van der Waals surface area contributed by atoms with E-state index in [0.29, 0.717) is 24.8 Å².